The number of amides is 1. The lowest BCUT2D eigenvalue weighted by atomic mass is 10.1. The second-order valence-corrected chi connectivity index (χ2v) is 6.05. The van der Waals surface area contributed by atoms with E-state index in [1.165, 1.54) is 5.39 Å². The number of rotatable bonds is 5. The van der Waals surface area contributed by atoms with E-state index in [0.717, 1.165) is 10.9 Å². The van der Waals surface area contributed by atoms with E-state index in [1.54, 1.807) is 31.2 Å². The Labute approximate surface area is 146 Å². The zero-order chi connectivity index (χ0) is 16.9. The number of carbonyl (C=O) groups excluding carboxylic acids is 1. The molecule has 0 aliphatic heterocycles. The summed E-state index contributed by atoms with van der Waals surface area (Å²) in [6.07, 6.45) is -0.577. The summed E-state index contributed by atoms with van der Waals surface area (Å²) in [6.45, 7) is 2.20. The summed E-state index contributed by atoms with van der Waals surface area (Å²) < 4.78 is 5.62. The summed E-state index contributed by atoms with van der Waals surface area (Å²) in [4.78, 5) is 12.2. The van der Waals surface area contributed by atoms with E-state index < -0.39 is 6.10 Å². The van der Waals surface area contributed by atoms with E-state index in [0.29, 0.717) is 17.3 Å². The van der Waals surface area contributed by atoms with E-state index in [1.807, 2.05) is 18.2 Å². The summed E-state index contributed by atoms with van der Waals surface area (Å²) in [5.74, 6) is 0.464. The van der Waals surface area contributed by atoms with Crippen molar-refractivity contribution in [1.82, 2.24) is 5.32 Å². The minimum atomic E-state index is -0.577. The maximum absolute atomic E-state index is 12.2. The average Bonchev–Trinajstić information content (AvgIpc) is 2.61. The lowest BCUT2D eigenvalue weighted by Gasteiger charge is -2.15. The van der Waals surface area contributed by atoms with Crippen LogP contribution in [0.4, 0.5) is 0 Å². The fraction of sp³-hybridized carbons (Fsp3) is 0.150. The molecule has 4 heteroatoms. The second-order valence-electron chi connectivity index (χ2n) is 5.61. The van der Waals surface area contributed by atoms with Gasteiger partial charge in [0.05, 0.1) is 0 Å². The van der Waals surface area contributed by atoms with Crippen molar-refractivity contribution in [3.63, 3.8) is 0 Å². The van der Waals surface area contributed by atoms with Gasteiger partial charge in [0.15, 0.2) is 6.10 Å². The zero-order valence-electron chi connectivity index (χ0n) is 13.3. The maximum atomic E-state index is 12.2. The van der Waals surface area contributed by atoms with E-state index in [9.17, 15) is 4.79 Å². The molecular weight excluding hydrogens is 322 g/mol. The molecule has 0 aliphatic rings. The number of carbonyl (C=O) groups is 1. The van der Waals surface area contributed by atoms with Crippen molar-refractivity contribution in [3.05, 3.63) is 77.3 Å². The molecule has 0 saturated carbocycles. The topological polar surface area (TPSA) is 38.3 Å². The van der Waals surface area contributed by atoms with Crippen molar-refractivity contribution in [1.29, 1.82) is 0 Å². The highest BCUT2D eigenvalue weighted by Gasteiger charge is 2.14. The van der Waals surface area contributed by atoms with Crippen LogP contribution >= 0.6 is 11.6 Å². The van der Waals surface area contributed by atoms with Gasteiger partial charge in [-0.25, -0.2) is 0 Å². The minimum Gasteiger partial charge on any atom is -0.481 e. The molecule has 0 spiro atoms. The molecule has 1 atom stereocenters. The maximum Gasteiger partial charge on any atom is 0.261 e. The van der Waals surface area contributed by atoms with Crippen LogP contribution in [-0.4, -0.2) is 12.0 Å². The molecule has 0 bridgehead atoms. The summed E-state index contributed by atoms with van der Waals surface area (Å²) in [5, 5.41) is 5.89. The van der Waals surface area contributed by atoms with Crippen LogP contribution in [0.2, 0.25) is 5.02 Å². The van der Waals surface area contributed by atoms with E-state index >= 15 is 0 Å². The first-order valence-corrected chi connectivity index (χ1v) is 8.17. The third-order valence-corrected chi connectivity index (χ3v) is 4.03. The van der Waals surface area contributed by atoms with Crippen LogP contribution in [-0.2, 0) is 11.3 Å². The molecular formula is C20H18ClNO2. The molecule has 0 fully saturated rings. The van der Waals surface area contributed by atoms with Gasteiger partial charge in [-0.05, 0) is 53.6 Å². The molecule has 1 amide bonds. The average molecular weight is 340 g/mol. The summed E-state index contributed by atoms with van der Waals surface area (Å²) in [6, 6.07) is 21.3. The van der Waals surface area contributed by atoms with Crippen molar-refractivity contribution in [2.45, 2.75) is 19.6 Å². The minimum absolute atomic E-state index is 0.155. The molecule has 0 saturated heterocycles. The lowest BCUT2D eigenvalue weighted by molar-refractivity contribution is -0.127. The highest BCUT2D eigenvalue weighted by atomic mass is 35.5. The number of hydrogen-bond donors (Lipinski definition) is 1. The van der Waals surface area contributed by atoms with Crippen molar-refractivity contribution in [2.24, 2.45) is 0 Å². The summed E-state index contributed by atoms with van der Waals surface area (Å²) >= 11 is 5.83. The van der Waals surface area contributed by atoms with Gasteiger partial charge in [-0.3, -0.25) is 4.79 Å². The van der Waals surface area contributed by atoms with Crippen molar-refractivity contribution < 1.29 is 9.53 Å². The molecule has 0 aliphatic carbocycles. The van der Waals surface area contributed by atoms with Gasteiger partial charge in [-0.2, -0.15) is 0 Å². The number of hydrogen-bond acceptors (Lipinski definition) is 2. The standard InChI is InChI=1S/C20H18ClNO2/c1-14(24-19-10-8-18(21)9-11-19)20(23)22-13-15-6-7-16-4-2-3-5-17(16)12-15/h2-12,14H,13H2,1H3,(H,22,23)/t14-/m1/s1. The van der Waals surface area contributed by atoms with Crippen LogP contribution < -0.4 is 10.1 Å². The Morgan fingerprint density at radius 1 is 1.04 bits per heavy atom. The second kappa shape index (κ2) is 7.37. The largest absolute Gasteiger partial charge is 0.481 e. The summed E-state index contributed by atoms with van der Waals surface area (Å²) in [5.41, 5.74) is 1.06. The van der Waals surface area contributed by atoms with Crippen LogP contribution in [0, 0.1) is 0 Å². The number of halogens is 1. The number of benzene rings is 3. The van der Waals surface area contributed by atoms with Gasteiger partial charge < -0.3 is 10.1 Å². The predicted octanol–water partition coefficient (Wildman–Crippen LogP) is 4.58. The summed E-state index contributed by atoms with van der Waals surface area (Å²) in [7, 11) is 0. The van der Waals surface area contributed by atoms with Crippen LogP contribution in [0.15, 0.2) is 66.7 Å². The molecule has 0 aromatic heterocycles. The third-order valence-electron chi connectivity index (χ3n) is 3.78. The van der Waals surface area contributed by atoms with Gasteiger partial charge >= 0.3 is 0 Å². The van der Waals surface area contributed by atoms with Gasteiger partial charge in [-0.1, -0.05) is 48.0 Å². The molecule has 3 aromatic rings. The van der Waals surface area contributed by atoms with Gasteiger partial charge in [0.2, 0.25) is 0 Å². The quantitative estimate of drug-likeness (QED) is 0.739. The molecule has 0 heterocycles. The fourth-order valence-electron chi connectivity index (χ4n) is 2.45. The van der Waals surface area contributed by atoms with Crippen LogP contribution in [0.1, 0.15) is 12.5 Å². The van der Waals surface area contributed by atoms with Gasteiger partial charge in [0.25, 0.3) is 5.91 Å². The van der Waals surface area contributed by atoms with Gasteiger partial charge in [0, 0.05) is 11.6 Å². The first-order valence-electron chi connectivity index (χ1n) is 7.79. The van der Waals surface area contributed by atoms with Gasteiger partial charge in [-0.15, -0.1) is 0 Å². The fourth-order valence-corrected chi connectivity index (χ4v) is 2.58. The first kappa shape index (κ1) is 16.3. The Hall–Kier alpha value is -2.52. The Morgan fingerprint density at radius 3 is 2.50 bits per heavy atom. The van der Waals surface area contributed by atoms with E-state index in [2.05, 4.69) is 29.6 Å². The van der Waals surface area contributed by atoms with E-state index in [4.69, 9.17) is 16.3 Å². The Bertz CT molecular complexity index is 846. The Kier molecular flexibility index (Phi) is 5.02. The normalized spacial score (nSPS) is 11.9. The lowest BCUT2D eigenvalue weighted by Crippen LogP contribution is -2.35. The zero-order valence-corrected chi connectivity index (χ0v) is 14.1. The predicted molar refractivity (Wildman–Crippen MR) is 97.3 cm³/mol. The van der Waals surface area contributed by atoms with Crippen molar-refractivity contribution >= 4 is 28.3 Å². The monoisotopic (exact) mass is 339 g/mol. The molecule has 3 aromatic carbocycles. The Morgan fingerprint density at radius 2 is 1.75 bits per heavy atom. The van der Waals surface area contributed by atoms with Crippen molar-refractivity contribution in [2.75, 3.05) is 0 Å². The van der Waals surface area contributed by atoms with Crippen LogP contribution in [0.3, 0.4) is 0 Å². The molecule has 1 N–H and O–H groups in total. The first-order chi connectivity index (χ1) is 11.6. The highest BCUT2D eigenvalue weighted by molar-refractivity contribution is 6.30. The van der Waals surface area contributed by atoms with E-state index in [-0.39, 0.29) is 5.91 Å². The molecule has 3 nitrogen and oxygen atoms in total. The molecule has 0 radical (unpaired) electrons. The number of nitrogens with one attached hydrogen (secondary N) is 1. The molecule has 122 valence electrons. The SMILES string of the molecule is C[C@@H](Oc1ccc(Cl)cc1)C(=O)NCc1ccc2ccccc2c1. The van der Waals surface area contributed by atoms with Gasteiger partial charge in [0.1, 0.15) is 5.75 Å². The molecule has 0 unspecified atom stereocenters. The highest BCUT2D eigenvalue weighted by Crippen LogP contribution is 2.17. The third kappa shape index (κ3) is 4.06. The number of ether oxygens (including phenoxy) is 1. The van der Waals surface area contributed by atoms with Crippen LogP contribution in [0.25, 0.3) is 10.8 Å². The molecule has 24 heavy (non-hydrogen) atoms. The van der Waals surface area contributed by atoms with Crippen molar-refractivity contribution in [3.8, 4) is 5.75 Å². The number of fused-ring (bicyclic) bond motifs is 1. The van der Waals surface area contributed by atoms with Crippen LogP contribution in [0.5, 0.6) is 5.75 Å². The smallest absolute Gasteiger partial charge is 0.261 e. The Balaban J connectivity index is 1.58. The molecule has 3 rings (SSSR count).